The van der Waals surface area contributed by atoms with Gasteiger partial charge in [0.25, 0.3) is 0 Å². The molecule has 2 heterocycles. The van der Waals surface area contributed by atoms with Gasteiger partial charge in [0.2, 0.25) is 0 Å². The van der Waals surface area contributed by atoms with Gasteiger partial charge in [0, 0.05) is 57.7 Å². The number of rotatable bonds is 7. The molecule has 29 heavy (non-hydrogen) atoms. The zero-order valence-electron chi connectivity index (χ0n) is 17.3. The third kappa shape index (κ3) is 6.09. The Kier molecular flexibility index (Phi) is 7.69. The molecule has 1 aliphatic heterocycles. The van der Waals surface area contributed by atoms with Crippen LogP contribution in [0.5, 0.6) is 11.5 Å². The topological polar surface area (TPSA) is 66.9 Å². The van der Waals surface area contributed by atoms with Crippen molar-refractivity contribution < 1.29 is 14.3 Å². The van der Waals surface area contributed by atoms with E-state index < -0.39 is 0 Å². The summed E-state index contributed by atoms with van der Waals surface area (Å²) in [5.41, 5.74) is 2.26. The van der Waals surface area contributed by atoms with Gasteiger partial charge in [-0.25, -0.2) is 4.79 Å². The molecule has 1 aliphatic rings. The molecule has 0 saturated carbocycles. The lowest BCUT2D eigenvalue weighted by Gasteiger charge is -2.22. The quantitative estimate of drug-likeness (QED) is 0.776. The van der Waals surface area contributed by atoms with E-state index in [4.69, 9.17) is 9.47 Å². The fourth-order valence-electron chi connectivity index (χ4n) is 3.56. The molecule has 1 aromatic heterocycles. The van der Waals surface area contributed by atoms with Gasteiger partial charge < -0.3 is 19.7 Å². The highest BCUT2D eigenvalue weighted by molar-refractivity contribution is 5.74. The molecule has 0 radical (unpaired) electrons. The highest BCUT2D eigenvalue weighted by Crippen LogP contribution is 2.24. The number of hydrogen-bond acceptors (Lipinski definition) is 5. The Bertz CT molecular complexity index is 785. The van der Waals surface area contributed by atoms with Crippen molar-refractivity contribution >= 4 is 6.03 Å². The van der Waals surface area contributed by atoms with Crippen LogP contribution < -0.4 is 14.8 Å². The Labute approximate surface area is 172 Å². The number of nitrogens with zero attached hydrogens (tertiary/aromatic N) is 3. The third-order valence-corrected chi connectivity index (χ3v) is 5.17. The maximum atomic E-state index is 12.6. The monoisotopic (exact) mass is 398 g/mol. The number of pyridine rings is 1. The summed E-state index contributed by atoms with van der Waals surface area (Å²) < 4.78 is 10.7. The van der Waals surface area contributed by atoms with Gasteiger partial charge in [-0.1, -0.05) is 12.1 Å². The number of amides is 2. The van der Waals surface area contributed by atoms with Crippen molar-refractivity contribution in [3.05, 3.63) is 53.9 Å². The lowest BCUT2D eigenvalue weighted by Crippen LogP contribution is -2.42. The van der Waals surface area contributed by atoms with Crippen LogP contribution in [0, 0.1) is 0 Å². The molecule has 0 aliphatic carbocycles. The van der Waals surface area contributed by atoms with Crippen molar-refractivity contribution in [3.63, 3.8) is 0 Å². The molecule has 0 spiro atoms. The molecular formula is C22H30N4O3. The van der Waals surface area contributed by atoms with E-state index in [1.807, 2.05) is 35.4 Å². The standard InChI is InChI=1S/C22H30N4O3/c1-28-20-7-6-19(21(15-20)29-2)8-10-24-22(27)26-12-4-11-25(13-14-26)17-18-5-3-9-23-16-18/h3,5-7,9,15-16H,4,8,10-14,17H2,1-2H3,(H,24,27). The van der Waals surface area contributed by atoms with E-state index >= 15 is 0 Å². The minimum absolute atomic E-state index is 0.000654. The first-order chi connectivity index (χ1) is 14.2. The second-order valence-corrected chi connectivity index (χ2v) is 7.14. The van der Waals surface area contributed by atoms with Crippen molar-refractivity contribution in [1.82, 2.24) is 20.1 Å². The first-order valence-electron chi connectivity index (χ1n) is 10.0. The fraction of sp³-hybridized carbons (Fsp3) is 0.455. The maximum Gasteiger partial charge on any atom is 0.317 e. The van der Waals surface area contributed by atoms with Crippen LogP contribution in [0.15, 0.2) is 42.7 Å². The summed E-state index contributed by atoms with van der Waals surface area (Å²) >= 11 is 0. The van der Waals surface area contributed by atoms with E-state index in [2.05, 4.69) is 21.3 Å². The molecule has 2 amide bonds. The van der Waals surface area contributed by atoms with Gasteiger partial charge in [-0.2, -0.15) is 0 Å². The number of benzene rings is 1. The molecule has 1 fully saturated rings. The number of carbonyl (C=O) groups is 1. The van der Waals surface area contributed by atoms with E-state index in [1.54, 1.807) is 20.4 Å². The number of methoxy groups -OCH3 is 2. The Morgan fingerprint density at radius 1 is 1.14 bits per heavy atom. The molecule has 2 aromatic rings. The zero-order chi connectivity index (χ0) is 20.5. The molecule has 7 nitrogen and oxygen atoms in total. The zero-order valence-corrected chi connectivity index (χ0v) is 17.3. The SMILES string of the molecule is COc1ccc(CCNC(=O)N2CCCN(Cc3cccnc3)CC2)c(OC)c1. The van der Waals surface area contributed by atoms with Crippen LogP contribution in [0.4, 0.5) is 4.79 Å². The van der Waals surface area contributed by atoms with Crippen molar-refractivity contribution in [3.8, 4) is 11.5 Å². The predicted octanol–water partition coefficient (Wildman–Crippen LogP) is 2.56. The third-order valence-electron chi connectivity index (χ3n) is 5.17. The first-order valence-corrected chi connectivity index (χ1v) is 10.0. The summed E-state index contributed by atoms with van der Waals surface area (Å²) in [5.74, 6) is 1.54. The van der Waals surface area contributed by atoms with Crippen LogP contribution in [-0.2, 0) is 13.0 Å². The van der Waals surface area contributed by atoms with Crippen LogP contribution in [0.25, 0.3) is 0 Å². The Morgan fingerprint density at radius 2 is 2.03 bits per heavy atom. The Hall–Kier alpha value is -2.80. The molecule has 1 saturated heterocycles. The Balaban J connectivity index is 1.45. The number of aromatic nitrogens is 1. The predicted molar refractivity (Wildman–Crippen MR) is 112 cm³/mol. The summed E-state index contributed by atoms with van der Waals surface area (Å²) in [5, 5.41) is 3.04. The molecule has 7 heteroatoms. The molecule has 0 bridgehead atoms. The van der Waals surface area contributed by atoms with Gasteiger partial charge in [-0.05, 0) is 36.1 Å². The lowest BCUT2D eigenvalue weighted by atomic mass is 10.1. The van der Waals surface area contributed by atoms with Crippen LogP contribution in [0.3, 0.4) is 0 Å². The van der Waals surface area contributed by atoms with Crippen molar-refractivity contribution in [1.29, 1.82) is 0 Å². The second-order valence-electron chi connectivity index (χ2n) is 7.14. The first kappa shape index (κ1) is 20.9. The highest BCUT2D eigenvalue weighted by atomic mass is 16.5. The van der Waals surface area contributed by atoms with Gasteiger partial charge >= 0.3 is 6.03 Å². The van der Waals surface area contributed by atoms with Gasteiger partial charge in [0.05, 0.1) is 14.2 Å². The van der Waals surface area contributed by atoms with Crippen molar-refractivity contribution in [2.75, 3.05) is 46.9 Å². The van der Waals surface area contributed by atoms with E-state index in [0.29, 0.717) is 13.0 Å². The van der Waals surface area contributed by atoms with Crippen molar-refractivity contribution in [2.45, 2.75) is 19.4 Å². The van der Waals surface area contributed by atoms with Gasteiger partial charge in [-0.3, -0.25) is 9.88 Å². The minimum atomic E-state index is 0.000654. The molecule has 1 aromatic carbocycles. The van der Waals surface area contributed by atoms with Gasteiger partial charge in [0.1, 0.15) is 11.5 Å². The molecule has 156 valence electrons. The van der Waals surface area contributed by atoms with Gasteiger partial charge in [0.15, 0.2) is 0 Å². The number of carbonyl (C=O) groups excluding carboxylic acids is 1. The summed E-state index contributed by atoms with van der Waals surface area (Å²) in [6.07, 6.45) is 5.38. The molecule has 3 rings (SSSR count). The number of urea groups is 1. The lowest BCUT2D eigenvalue weighted by molar-refractivity contribution is 0.198. The molecule has 0 atom stereocenters. The normalized spacial score (nSPS) is 14.9. The van der Waals surface area contributed by atoms with Crippen LogP contribution in [0.2, 0.25) is 0 Å². The van der Waals surface area contributed by atoms with Crippen LogP contribution in [-0.4, -0.2) is 67.8 Å². The fourth-order valence-corrected chi connectivity index (χ4v) is 3.56. The molecular weight excluding hydrogens is 368 g/mol. The van der Waals surface area contributed by atoms with E-state index in [0.717, 1.165) is 56.2 Å². The van der Waals surface area contributed by atoms with Crippen LogP contribution >= 0.6 is 0 Å². The highest BCUT2D eigenvalue weighted by Gasteiger charge is 2.19. The Morgan fingerprint density at radius 3 is 2.79 bits per heavy atom. The van der Waals surface area contributed by atoms with E-state index in [9.17, 15) is 4.79 Å². The number of nitrogens with one attached hydrogen (secondary N) is 1. The molecule has 1 N–H and O–H groups in total. The second kappa shape index (κ2) is 10.7. The van der Waals surface area contributed by atoms with E-state index in [-0.39, 0.29) is 6.03 Å². The summed E-state index contributed by atoms with van der Waals surface area (Å²) in [4.78, 5) is 21.1. The number of hydrogen-bond donors (Lipinski definition) is 1. The van der Waals surface area contributed by atoms with Gasteiger partial charge in [-0.15, -0.1) is 0 Å². The molecule has 0 unspecified atom stereocenters. The maximum absolute atomic E-state index is 12.6. The average molecular weight is 399 g/mol. The minimum Gasteiger partial charge on any atom is -0.497 e. The smallest absolute Gasteiger partial charge is 0.317 e. The van der Waals surface area contributed by atoms with Crippen molar-refractivity contribution in [2.24, 2.45) is 0 Å². The largest absolute Gasteiger partial charge is 0.497 e. The summed E-state index contributed by atoms with van der Waals surface area (Å²) in [7, 11) is 3.28. The van der Waals surface area contributed by atoms with E-state index in [1.165, 1.54) is 5.56 Å². The summed E-state index contributed by atoms with van der Waals surface area (Å²) in [6.45, 7) is 4.81. The summed E-state index contributed by atoms with van der Waals surface area (Å²) in [6, 6.07) is 9.81. The number of ether oxygens (including phenoxy) is 2. The average Bonchev–Trinajstić information content (AvgIpc) is 3.00. The van der Waals surface area contributed by atoms with Crippen LogP contribution in [0.1, 0.15) is 17.5 Å².